The fourth-order valence-corrected chi connectivity index (χ4v) is 4.49. The number of ether oxygens (including phenoxy) is 2. The minimum atomic E-state index is -0.527. The molecule has 0 saturated carbocycles. The molecule has 0 bridgehead atoms. The topological polar surface area (TPSA) is 124 Å². The van der Waals surface area contributed by atoms with Crippen LogP contribution in [-0.4, -0.2) is 84.4 Å². The van der Waals surface area contributed by atoms with Crippen molar-refractivity contribution in [3.63, 3.8) is 0 Å². The summed E-state index contributed by atoms with van der Waals surface area (Å²) in [5.74, 6) is -1.75. The van der Waals surface area contributed by atoms with E-state index in [9.17, 15) is 19.8 Å². The van der Waals surface area contributed by atoms with E-state index in [1.165, 1.54) is 12.1 Å². The zero-order valence-corrected chi connectivity index (χ0v) is 19.7. The summed E-state index contributed by atoms with van der Waals surface area (Å²) in [4.78, 5) is 31.2. The van der Waals surface area contributed by atoms with E-state index in [-0.39, 0.29) is 33.8 Å². The first-order chi connectivity index (χ1) is 17.5. The molecule has 0 atom stereocenters. The molecule has 2 heterocycles. The Morgan fingerprint density at radius 1 is 0.722 bits per heavy atom. The predicted molar refractivity (Wildman–Crippen MR) is 133 cm³/mol. The van der Waals surface area contributed by atoms with Crippen LogP contribution in [0.25, 0.3) is 0 Å². The molecule has 5 rings (SSSR count). The summed E-state index contributed by atoms with van der Waals surface area (Å²) in [5.41, 5.74) is 0.878. The quantitative estimate of drug-likeness (QED) is 0.348. The molecule has 0 radical (unpaired) electrons. The van der Waals surface area contributed by atoms with E-state index in [0.29, 0.717) is 51.1 Å². The third kappa shape index (κ3) is 4.60. The third-order valence-corrected chi connectivity index (χ3v) is 6.29. The minimum absolute atomic E-state index is 0.160. The number of phenolic OH excluding ortho intramolecular Hbond substituents is 2. The van der Waals surface area contributed by atoms with E-state index in [1.807, 2.05) is 34.4 Å². The van der Waals surface area contributed by atoms with Crippen molar-refractivity contribution in [2.45, 2.75) is 0 Å². The molecule has 2 fully saturated rings. The summed E-state index contributed by atoms with van der Waals surface area (Å²) in [5, 5.41) is 27.2. The van der Waals surface area contributed by atoms with Gasteiger partial charge in [0, 0.05) is 37.6 Å². The second kappa shape index (κ2) is 10.3. The van der Waals surface area contributed by atoms with Crippen LogP contribution >= 0.6 is 0 Å². The molecule has 10 heteroatoms. The number of phenols is 2. The van der Waals surface area contributed by atoms with Gasteiger partial charge < -0.3 is 40.1 Å². The lowest BCUT2D eigenvalue weighted by molar-refractivity contribution is 0.0975. The Morgan fingerprint density at radius 2 is 1.17 bits per heavy atom. The van der Waals surface area contributed by atoms with Crippen molar-refractivity contribution >= 4 is 22.9 Å². The van der Waals surface area contributed by atoms with Gasteiger partial charge in [0.05, 0.1) is 35.5 Å². The van der Waals surface area contributed by atoms with Gasteiger partial charge in [0.15, 0.2) is 0 Å². The Bertz CT molecular complexity index is 1140. The Hall–Kier alpha value is -4.02. The van der Waals surface area contributed by atoms with Crippen molar-refractivity contribution in [3.05, 3.63) is 71.1 Å². The van der Waals surface area contributed by atoms with Crippen molar-refractivity contribution < 1.29 is 29.3 Å². The second-order valence-corrected chi connectivity index (χ2v) is 8.65. The van der Waals surface area contributed by atoms with Crippen LogP contribution < -0.4 is 10.6 Å². The molecule has 188 valence electrons. The number of hydrogen-bond donors (Lipinski definition) is 4. The van der Waals surface area contributed by atoms with Crippen LogP contribution in [0.2, 0.25) is 0 Å². The number of rotatable bonds is 8. The highest BCUT2D eigenvalue weighted by Gasteiger charge is 2.37. The van der Waals surface area contributed by atoms with Crippen LogP contribution in [0.5, 0.6) is 11.5 Å². The molecule has 0 amide bonds. The maximum absolute atomic E-state index is 13.6. The molecule has 2 saturated heterocycles. The molecule has 4 N–H and O–H groups in total. The van der Waals surface area contributed by atoms with Crippen LogP contribution in [-0.2, 0) is 9.47 Å². The molecule has 1 aliphatic carbocycles. The molecular weight excluding hydrogens is 464 g/mol. The molecule has 0 unspecified atom stereocenters. The van der Waals surface area contributed by atoms with Crippen LogP contribution in [0.3, 0.4) is 0 Å². The van der Waals surface area contributed by atoms with Crippen LogP contribution in [0.1, 0.15) is 31.8 Å². The van der Waals surface area contributed by atoms with E-state index < -0.39 is 11.6 Å². The van der Waals surface area contributed by atoms with Crippen LogP contribution in [0.4, 0.5) is 11.4 Å². The van der Waals surface area contributed by atoms with Crippen LogP contribution in [0, 0.1) is 0 Å². The molecule has 0 spiro atoms. The van der Waals surface area contributed by atoms with Gasteiger partial charge in [0.2, 0.25) is 11.6 Å². The number of nitrogens with zero attached hydrogens (tertiary/aromatic N) is 2. The van der Waals surface area contributed by atoms with E-state index in [4.69, 9.17) is 9.47 Å². The van der Waals surface area contributed by atoms with Crippen molar-refractivity contribution in [3.8, 4) is 11.5 Å². The summed E-state index contributed by atoms with van der Waals surface area (Å²) in [6, 6.07) is 5.91. The van der Waals surface area contributed by atoms with Gasteiger partial charge in [-0.15, -0.1) is 0 Å². The largest absolute Gasteiger partial charge is 0.507 e. The maximum atomic E-state index is 13.6. The predicted octanol–water partition coefficient (Wildman–Crippen LogP) is 2.30. The smallest absolute Gasteiger partial charge is 0.200 e. The number of benzene rings is 2. The van der Waals surface area contributed by atoms with Gasteiger partial charge >= 0.3 is 0 Å². The Balaban J connectivity index is 1.44. The lowest BCUT2D eigenvalue weighted by Gasteiger charge is -2.24. The molecule has 10 nitrogen and oxygen atoms in total. The summed E-state index contributed by atoms with van der Waals surface area (Å²) in [6.45, 7) is 4.92. The van der Waals surface area contributed by atoms with Gasteiger partial charge in [-0.1, -0.05) is 0 Å². The molecule has 0 aromatic heterocycles. The Morgan fingerprint density at radius 3 is 1.56 bits per heavy atom. The standard InChI is InChI=1S/C26H28N4O6/c31-19-5-6-20(32)24-23(19)25(33)21-17(27-7-1-9-29-11-13-35-15-29)3-4-18(22(21)26(24)34)28-8-2-10-30-12-14-36-16-30/h1-6,9-10,27-28,31-32H,7-8,11-16H2. The molecule has 3 aliphatic rings. The number of fused-ring (bicyclic) bond motifs is 2. The summed E-state index contributed by atoms with van der Waals surface area (Å²) in [6.07, 6.45) is 7.66. The highest BCUT2D eigenvalue weighted by Crippen LogP contribution is 2.42. The fraction of sp³-hybridized carbons (Fsp3) is 0.308. The first-order valence-corrected chi connectivity index (χ1v) is 11.8. The summed E-state index contributed by atoms with van der Waals surface area (Å²) >= 11 is 0. The molecular formula is C26H28N4O6. The number of ketones is 2. The van der Waals surface area contributed by atoms with Crippen LogP contribution in [0.15, 0.2) is 48.8 Å². The first-order valence-electron chi connectivity index (χ1n) is 11.8. The van der Waals surface area contributed by atoms with Gasteiger partial charge in [0.25, 0.3) is 0 Å². The minimum Gasteiger partial charge on any atom is -0.507 e. The van der Waals surface area contributed by atoms with Gasteiger partial charge in [-0.3, -0.25) is 9.59 Å². The van der Waals surface area contributed by atoms with Crippen molar-refractivity contribution in [1.82, 2.24) is 9.80 Å². The number of carbonyl (C=O) groups excluding carboxylic acids is 2. The maximum Gasteiger partial charge on any atom is 0.200 e. The highest BCUT2D eigenvalue weighted by atomic mass is 16.5. The van der Waals surface area contributed by atoms with Gasteiger partial charge in [-0.2, -0.15) is 0 Å². The lowest BCUT2D eigenvalue weighted by atomic mass is 9.81. The number of carbonyl (C=O) groups is 2. The first kappa shape index (κ1) is 23.7. The number of anilines is 2. The average Bonchev–Trinajstić information content (AvgIpc) is 3.59. The van der Waals surface area contributed by atoms with Gasteiger partial charge in [-0.05, 0) is 48.8 Å². The highest BCUT2D eigenvalue weighted by molar-refractivity contribution is 6.33. The van der Waals surface area contributed by atoms with Crippen molar-refractivity contribution in [2.75, 3.05) is 63.5 Å². The van der Waals surface area contributed by atoms with Crippen molar-refractivity contribution in [2.24, 2.45) is 0 Å². The number of nitrogens with one attached hydrogen (secondary N) is 2. The van der Waals surface area contributed by atoms with Gasteiger partial charge in [-0.25, -0.2) is 0 Å². The summed E-state index contributed by atoms with van der Waals surface area (Å²) < 4.78 is 10.6. The van der Waals surface area contributed by atoms with Crippen molar-refractivity contribution in [1.29, 1.82) is 0 Å². The van der Waals surface area contributed by atoms with E-state index in [1.54, 1.807) is 12.1 Å². The fourth-order valence-electron chi connectivity index (χ4n) is 4.49. The lowest BCUT2D eigenvalue weighted by Crippen LogP contribution is -2.25. The zero-order chi connectivity index (χ0) is 25.1. The average molecular weight is 493 g/mol. The third-order valence-electron chi connectivity index (χ3n) is 6.29. The second-order valence-electron chi connectivity index (χ2n) is 8.65. The monoisotopic (exact) mass is 492 g/mol. The zero-order valence-electron chi connectivity index (χ0n) is 19.7. The summed E-state index contributed by atoms with van der Waals surface area (Å²) in [7, 11) is 0. The van der Waals surface area contributed by atoms with E-state index >= 15 is 0 Å². The molecule has 2 aliphatic heterocycles. The van der Waals surface area contributed by atoms with Gasteiger partial charge in [0.1, 0.15) is 25.0 Å². The van der Waals surface area contributed by atoms with E-state index in [2.05, 4.69) is 10.6 Å². The van der Waals surface area contributed by atoms with E-state index in [0.717, 1.165) is 13.1 Å². The number of aromatic hydroxyl groups is 2. The molecule has 2 aromatic rings. The Kier molecular flexibility index (Phi) is 6.79. The molecule has 36 heavy (non-hydrogen) atoms. The number of hydrogen-bond acceptors (Lipinski definition) is 10. The molecule has 2 aromatic carbocycles. The SMILES string of the molecule is O=C1c2c(O)ccc(O)c2C(=O)c2c(NCC=CN3CCOC3)ccc(NCC=CN3CCOC3)c21. The normalized spacial score (nSPS) is 17.3. The Labute approximate surface area is 208 Å².